The van der Waals surface area contributed by atoms with Crippen molar-refractivity contribution in [3.8, 4) is 5.88 Å². The van der Waals surface area contributed by atoms with Crippen LogP contribution in [0.2, 0.25) is 0 Å². The number of aromatic nitrogens is 3. The van der Waals surface area contributed by atoms with Crippen molar-refractivity contribution in [3.05, 3.63) is 72.3 Å². The SMILES string of the molecule is ON1CC(Oc2ccccn2)=CC(F)=C1c1cc2ccn(CC(F)(F)C(F)(F)F)c2cn1. The highest BCUT2D eigenvalue weighted by molar-refractivity contribution is 5.83. The van der Waals surface area contributed by atoms with Gasteiger partial charge in [0, 0.05) is 29.9 Å². The van der Waals surface area contributed by atoms with Gasteiger partial charge in [-0.2, -0.15) is 22.0 Å². The van der Waals surface area contributed by atoms with E-state index in [0.717, 1.165) is 18.5 Å². The highest BCUT2D eigenvalue weighted by Crippen LogP contribution is 2.38. The molecule has 1 aliphatic rings. The quantitative estimate of drug-likeness (QED) is 0.552. The van der Waals surface area contributed by atoms with Crippen LogP contribution in [-0.4, -0.2) is 43.4 Å². The number of allylic oxidation sites excluding steroid dienone is 2. The summed E-state index contributed by atoms with van der Waals surface area (Å²) in [5.41, 5.74) is -0.367. The Labute approximate surface area is 176 Å². The first-order chi connectivity index (χ1) is 15.0. The molecule has 0 atom stereocenters. The van der Waals surface area contributed by atoms with Crippen molar-refractivity contribution in [2.24, 2.45) is 0 Å². The van der Waals surface area contributed by atoms with E-state index in [2.05, 4.69) is 9.97 Å². The zero-order valence-corrected chi connectivity index (χ0v) is 16.0. The van der Waals surface area contributed by atoms with Crippen LogP contribution in [0.4, 0.5) is 26.3 Å². The van der Waals surface area contributed by atoms with Gasteiger partial charge < -0.3 is 9.30 Å². The predicted octanol–water partition coefficient (Wildman–Crippen LogP) is 4.93. The highest BCUT2D eigenvalue weighted by Gasteiger charge is 2.57. The summed E-state index contributed by atoms with van der Waals surface area (Å²) < 4.78 is 85.2. The number of rotatable bonds is 5. The first-order valence-corrected chi connectivity index (χ1v) is 9.10. The topological polar surface area (TPSA) is 63.4 Å². The molecule has 12 heteroatoms. The fourth-order valence-electron chi connectivity index (χ4n) is 3.12. The van der Waals surface area contributed by atoms with Crippen LogP contribution in [-0.2, 0) is 6.54 Å². The summed E-state index contributed by atoms with van der Waals surface area (Å²) >= 11 is 0. The van der Waals surface area contributed by atoms with Crippen molar-refractivity contribution in [1.82, 2.24) is 19.6 Å². The van der Waals surface area contributed by atoms with Gasteiger partial charge in [0.05, 0.1) is 24.0 Å². The van der Waals surface area contributed by atoms with Crippen LogP contribution in [0, 0.1) is 0 Å². The number of halogens is 6. The fourth-order valence-corrected chi connectivity index (χ4v) is 3.12. The van der Waals surface area contributed by atoms with Crippen molar-refractivity contribution < 1.29 is 36.3 Å². The summed E-state index contributed by atoms with van der Waals surface area (Å²) in [6.07, 6.45) is -1.10. The Balaban J connectivity index is 1.63. The smallest absolute Gasteiger partial charge is 0.441 e. The lowest BCUT2D eigenvalue weighted by atomic mass is 10.1. The molecule has 4 rings (SSSR count). The van der Waals surface area contributed by atoms with Crippen molar-refractivity contribution in [1.29, 1.82) is 0 Å². The molecule has 0 bridgehead atoms. The number of alkyl halides is 5. The zero-order chi connectivity index (χ0) is 23.1. The predicted molar refractivity (Wildman–Crippen MR) is 100 cm³/mol. The molecule has 0 aliphatic carbocycles. The van der Waals surface area contributed by atoms with Gasteiger partial charge in [-0.05, 0) is 18.2 Å². The second kappa shape index (κ2) is 7.86. The lowest BCUT2D eigenvalue weighted by Gasteiger charge is -2.25. The maximum absolute atomic E-state index is 14.7. The van der Waals surface area contributed by atoms with Crippen LogP contribution in [0.5, 0.6) is 5.88 Å². The van der Waals surface area contributed by atoms with E-state index < -0.39 is 24.5 Å². The molecule has 0 amide bonds. The normalized spacial score (nSPS) is 15.3. The summed E-state index contributed by atoms with van der Waals surface area (Å²) in [6.45, 7) is -1.86. The van der Waals surface area contributed by atoms with Gasteiger partial charge in [0.1, 0.15) is 18.0 Å². The number of ether oxygens (including phenoxy) is 1. The third-order valence-electron chi connectivity index (χ3n) is 4.63. The van der Waals surface area contributed by atoms with E-state index >= 15 is 0 Å². The third kappa shape index (κ3) is 4.13. The van der Waals surface area contributed by atoms with E-state index in [4.69, 9.17) is 4.74 Å². The molecule has 0 aromatic carbocycles. The van der Waals surface area contributed by atoms with Gasteiger partial charge in [-0.1, -0.05) is 6.07 Å². The molecule has 0 spiro atoms. The highest BCUT2D eigenvalue weighted by atomic mass is 19.4. The van der Waals surface area contributed by atoms with Crippen LogP contribution in [0.1, 0.15) is 5.69 Å². The molecule has 1 aliphatic heterocycles. The Bertz CT molecular complexity index is 1200. The van der Waals surface area contributed by atoms with E-state index in [1.807, 2.05) is 0 Å². The molecular weight excluding hydrogens is 442 g/mol. The number of nitrogens with zero attached hydrogens (tertiary/aromatic N) is 4. The summed E-state index contributed by atoms with van der Waals surface area (Å²) in [6, 6.07) is 7.44. The molecule has 3 aromatic rings. The molecule has 0 radical (unpaired) electrons. The van der Waals surface area contributed by atoms with Gasteiger partial charge in [0.2, 0.25) is 5.88 Å². The van der Waals surface area contributed by atoms with E-state index in [1.54, 1.807) is 18.2 Å². The first-order valence-electron chi connectivity index (χ1n) is 9.10. The Kier molecular flexibility index (Phi) is 5.33. The number of pyridine rings is 2. The minimum atomic E-state index is -5.70. The number of hydrogen-bond donors (Lipinski definition) is 1. The average molecular weight is 456 g/mol. The summed E-state index contributed by atoms with van der Waals surface area (Å²) in [5.74, 6) is -5.57. The minimum absolute atomic E-state index is 0.00583. The second-order valence-corrected chi connectivity index (χ2v) is 6.91. The number of hydroxylamine groups is 2. The molecule has 0 fully saturated rings. The molecule has 0 unspecified atom stereocenters. The van der Waals surface area contributed by atoms with Gasteiger partial charge in [-0.15, -0.1) is 0 Å². The number of fused-ring (bicyclic) bond motifs is 1. The van der Waals surface area contributed by atoms with Crippen LogP contribution < -0.4 is 4.74 Å². The molecule has 6 nitrogen and oxygen atoms in total. The van der Waals surface area contributed by atoms with Crippen LogP contribution >= 0.6 is 0 Å². The molecular formula is C20H14F6N4O2. The summed E-state index contributed by atoms with van der Waals surface area (Å²) in [5, 5.41) is 11.1. The van der Waals surface area contributed by atoms with Crippen molar-refractivity contribution in [2.45, 2.75) is 18.6 Å². The van der Waals surface area contributed by atoms with E-state index in [1.165, 1.54) is 18.3 Å². The van der Waals surface area contributed by atoms with Crippen molar-refractivity contribution >= 4 is 16.6 Å². The van der Waals surface area contributed by atoms with Gasteiger partial charge in [-0.25, -0.2) is 14.4 Å². The van der Waals surface area contributed by atoms with Gasteiger partial charge >= 0.3 is 12.1 Å². The van der Waals surface area contributed by atoms with E-state index in [-0.39, 0.29) is 40.5 Å². The maximum atomic E-state index is 14.7. The van der Waals surface area contributed by atoms with Gasteiger partial charge in [-0.3, -0.25) is 10.2 Å². The second-order valence-electron chi connectivity index (χ2n) is 6.91. The monoisotopic (exact) mass is 456 g/mol. The molecule has 168 valence electrons. The largest absolute Gasteiger partial charge is 0.455 e. The summed E-state index contributed by atoms with van der Waals surface area (Å²) in [4.78, 5) is 7.87. The average Bonchev–Trinajstić information content (AvgIpc) is 3.09. The Morgan fingerprint density at radius 1 is 1.09 bits per heavy atom. The minimum Gasteiger partial charge on any atom is -0.441 e. The lowest BCUT2D eigenvalue weighted by molar-refractivity contribution is -0.286. The maximum Gasteiger partial charge on any atom is 0.455 e. The fraction of sp³-hybridized carbons (Fsp3) is 0.200. The van der Waals surface area contributed by atoms with Crippen molar-refractivity contribution in [3.63, 3.8) is 0 Å². The zero-order valence-electron chi connectivity index (χ0n) is 16.0. The van der Waals surface area contributed by atoms with Gasteiger partial charge in [0.15, 0.2) is 5.83 Å². The lowest BCUT2D eigenvalue weighted by Crippen LogP contribution is -2.40. The van der Waals surface area contributed by atoms with Gasteiger partial charge in [0.25, 0.3) is 0 Å². The van der Waals surface area contributed by atoms with E-state index in [0.29, 0.717) is 9.63 Å². The Morgan fingerprint density at radius 2 is 1.88 bits per heavy atom. The standard InChI is InChI=1S/C20H14F6N4O2/c21-14-8-13(32-17-3-1-2-5-27-17)10-30(31)18(14)15-7-12-4-6-29(16(12)9-28-15)11-19(22,23)20(24,25)26/h1-9,31H,10-11H2. The molecule has 0 saturated heterocycles. The first kappa shape index (κ1) is 21.7. The van der Waals surface area contributed by atoms with Crippen LogP contribution in [0.25, 0.3) is 16.6 Å². The van der Waals surface area contributed by atoms with E-state index in [9.17, 15) is 31.5 Å². The Morgan fingerprint density at radius 3 is 2.53 bits per heavy atom. The number of hydrogen-bond acceptors (Lipinski definition) is 5. The molecule has 3 aromatic heterocycles. The Hall–Kier alpha value is -3.54. The molecule has 4 heterocycles. The summed E-state index contributed by atoms with van der Waals surface area (Å²) in [7, 11) is 0. The molecule has 1 N–H and O–H groups in total. The molecule has 32 heavy (non-hydrogen) atoms. The van der Waals surface area contributed by atoms with Crippen LogP contribution in [0.15, 0.2) is 66.6 Å². The van der Waals surface area contributed by atoms with Crippen molar-refractivity contribution in [2.75, 3.05) is 6.54 Å². The third-order valence-corrected chi connectivity index (χ3v) is 4.63. The van der Waals surface area contributed by atoms with Crippen LogP contribution in [0.3, 0.4) is 0 Å². The molecule has 0 saturated carbocycles.